The molecule has 6 heteroatoms. The van der Waals surface area contributed by atoms with E-state index in [-0.39, 0.29) is 0 Å². The van der Waals surface area contributed by atoms with E-state index in [9.17, 15) is 0 Å². The van der Waals surface area contributed by atoms with E-state index in [1.807, 2.05) is 17.9 Å². The van der Waals surface area contributed by atoms with Crippen LogP contribution >= 0.6 is 0 Å². The third-order valence-corrected chi connectivity index (χ3v) is 4.55. The average Bonchev–Trinajstić information content (AvgIpc) is 3.30. The molecule has 122 valence electrons. The van der Waals surface area contributed by atoms with Gasteiger partial charge in [0.15, 0.2) is 5.96 Å². The number of rotatable bonds is 5. The maximum absolute atomic E-state index is 4.34. The summed E-state index contributed by atoms with van der Waals surface area (Å²) in [6.07, 6.45) is 9.21. The molecule has 1 aromatic heterocycles. The molecule has 1 aliphatic carbocycles. The summed E-state index contributed by atoms with van der Waals surface area (Å²) in [5.74, 6) is 0.911. The van der Waals surface area contributed by atoms with Crippen molar-refractivity contribution in [2.75, 3.05) is 26.7 Å². The van der Waals surface area contributed by atoms with Gasteiger partial charge in [0.05, 0.1) is 12.7 Å². The Hall–Kier alpha value is -1.56. The molecule has 1 aromatic rings. The number of hydrogen-bond donors (Lipinski definition) is 2. The van der Waals surface area contributed by atoms with E-state index in [1.165, 1.54) is 44.3 Å². The summed E-state index contributed by atoms with van der Waals surface area (Å²) in [7, 11) is 1.84. The Labute approximate surface area is 133 Å². The van der Waals surface area contributed by atoms with Crippen LogP contribution in [0.2, 0.25) is 0 Å². The van der Waals surface area contributed by atoms with E-state index in [2.05, 4.69) is 38.7 Å². The van der Waals surface area contributed by atoms with E-state index >= 15 is 0 Å². The number of guanidine groups is 1. The van der Waals surface area contributed by atoms with Crippen LogP contribution in [0.4, 0.5) is 0 Å². The monoisotopic (exact) mass is 304 g/mol. The summed E-state index contributed by atoms with van der Waals surface area (Å²) in [6.45, 7) is 6.21. The second kappa shape index (κ2) is 7.13. The molecule has 0 atom stereocenters. The van der Waals surface area contributed by atoms with Crippen LogP contribution in [-0.2, 0) is 6.54 Å². The Bertz CT molecular complexity index is 496. The molecule has 0 unspecified atom stereocenters. The highest BCUT2D eigenvalue weighted by molar-refractivity contribution is 5.79. The third kappa shape index (κ3) is 4.22. The normalized spacial score (nSPS) is 21.1. The van der Waals surface area contributed by atoms with Gasteiger partial charge in [-0.05, 0) is 38.2 Å². The quantitative estimate of drug-likeness (QED) is 0.629. The summed E-state index contributed by atoms with van der Waals surface area (Å²) in [5.41, 5.74) is 1.20. The van der Waals surface area contributed by atoms with Crippen LogP contribution in [0.5, 0.6) is 0 Å². The summed E-state index contributed by atoms with van der Waals surface area (Å²) < 4.78 is 1.96. The molecule has 2 aliphatic rings. The Morgan fingerprint density at radius 3 is 2.68 bits per heavy atom. The van der Waals surface area contributed by atoms with Crippen LogP contribution in [0, 0.1) is 6.92 Å². The molecule has 2 heterocycles. The number of nitrogens with one attached hydrogen (secondary N) is 2. The molecule has 2 N–H and O–H groups in total. The molecule has 1 saturated carbocycles. The van der Waals surface area contributed by atoms with Gasteiger partial charge in [-0.1, -0.05) is 0 Å². The molecule has 22 heavy (non-hydrogen) atoms. The van der Waals surface area contributed by atoms with Gasteiger partial charge in [-0.15, -0.1) is 0 Å². The second-order valence-corrected chi connectivity index (χ2v) is 6.47. The van der Waals surface area contributed by atoms with E-state index in [1.54, 1.807) is 0 Å². The average molecular weight is 304 g/mol. The van der Waals surface area contributed by atoms with Gasteiger partial charge in [-0.3, -0.25) is 9.67 Å². The van der Waals surface area contributed by atoms with Crippen LogP contribution in [0.3, 0.4) is 0 Å². The van der Waals surface area contributed by atoms with Gasteiger partial charge in [-0.25, -0.2) is 0 Å². The standard InChI is InChI=1S/C16H28N6/c1-13-11-19-22(12-13)10-7-18-16(17-2)20-14-5-8-21(9-6-14)15-3-4-15/h11-12,14-15H,3-10H2,1-2H3,(H2,17,18,20). The van der Waals surface area contributed by atoms with Crippen LogP contribution in [0.1, 0.15) is 31.2 Å². The molecule has 0 aromatic carbocycles. The highest BCUT2D eigenvalue weighted by atomic mass is 15.3. The molecule has 6 nitrogen and oxygen atoms in total. The second-order valence-electron chi connectivity index (χ2n) is 6.47. The van der Waals surface area contributed by atoms with Crippen molar-refractivity contribution in [1.29, 1.82) is 0 Å². The van der Waals surface area contributed by atoms with Crippen molar-refractivity contribution in [3.63, 3.8) is 0 Å². The Kier molecular flexibility index (Phi) is 4.97. The molecular weight excluding hydrogens is 276 g/mol. The highest BCUT2D eigenvalue weighted by Crippen LogP contribution is 2.29. The van der Waals surface area contributed by atoms with Crippen LogP contribution in [0.15, 0.2) is 17.4 Å². The Morgan fingerprint density at radius 1 is 1.32 bits per heavy atom. The number of aromatic nitrogens is 2. The first-order valence-corrected chi connectivity index (χ1v) is 8.45. The van der Waals surface area contributed by atoms with Crippen molar-refractivity contribution in [3.05, 3.63) is 18.0 Å². The predicted molar refractivity (Wildman–Crippen MR) is 89.1 cm³/mol. The number of nitrogens with zero attached hydrogens (tertiary/aromatic N) is 4. The molecule has 0 radical (unpaired) electrons. The van der Waals surface area contributed by atoms with Crippen LogP contribution in [-0.4, -0.2) is 59.4 Å². The van der Waals surface area contributed by atoms with E-state index in [4.69, 9.17) is 0 Å². The minimum Gasteiger partial charge on any atom is -0.355 e. The van der Waals surface area contributed by atoms with Crippen molar-refractivity contribution < 1.29 is 0 Å². The molecule has 1 aliphatic heterocycles. The van der Waals surface area contributed by atoms with Crippen molar-refractivity contribution >= 4 is 5.96 Å². The first-order chi connectivity index (χ1) is 10.7. The molecule has 0 spiro atoms. The lowest BCUT2D eigenvalue weighted by Crippen LogP contribution is -2.49. The summed E-state index contributed by atoms with van der Waals surface area (Å²) in [5, 5.41) is 11.2. The molecule has 2 fully saturated rings. The number of aryl methyl sites for hydroxylation is 1. The fraction of sp³-hybridized carbons (Fsp3) is 0.750. The zero-order valence-electron chi connectivity index (χ0n) is 13.8. The van der Waals surface area contributed by atoms with E-state index in [0.717, 1.165) is 25.1 Å². The smallest absolute Gasteiger partial charge is 0.191 e. The Morgan fingerprint density at radius 2 is 2.09 bits per heavy atom. The van der Waals surface area contributed by atoms with Crippen molar-refractivity contribution in [2.24, 2.45) is 4.99 Å². The molecule has 1 saturated heterocycles. The predicted octanol–water partition coefficient (Wildman–Crippen LogP) is 0.983. The minimum absolute atomic E-state index is 0.549. The third-order valence-electron chi connectivity index (χ3n) is 4.55. The van der Waals surface area contributed by atoms with Gasteiger partial charge in [0.25, 0.3) is 0 Å². The number of hydrogen-bond acceptors (Lipinski definition) is 3. The van der Waals surface area contributed by atoms with Gasteiger partial charge in [0.2, 0.25) is 0 Å². The fourth-order valence-electron chi connectivity index (χ4n) is 3.11. The number of piperidine rings is 1. The molecule has 0 bridgehead atoms. The van der Waals surface area contributed by atoms with Gasteiger partial charge in [-0.2, -0.15) is 5.10 Å². The highest BCUT2D eigenvalue weighted by Gasteiger charge is 2.31. The van der Waals surface area contributed by atoms with Gasteiger partial charge in [0, 0.05) is 45.0 Å². The SMILES string of the molecule is CN=C(NCCn1cc(C)cn1)NC1CCN(C2CC2)CC1. The zero-order valence-corrected chi connectivity index (χ0v) is 13.8. The van der Waals surface area contributed by atoms with Gasteiger partial charge in [0.1, 0.15) is 0 Å². The Balaban J connectivity index is 1.36. The van der Waals surface area contributed by atoms with Crippen molar-refractivity contribution in [2.45, 2.75) is 51.2 Å². The number of likely N-dealkylation sites (tertiary alicyclic amines) is 1. The lowest BCUT2D eigenvalue weighted by atomic mass is 10.1. The first-order valence-electron chi connectivity index (χ1n) is 8.45. The summed E-state index contributed by atoms with van der Waals surface area (Å²) >= 11 is 0. The topological polar surface area (TPSA) is 57.5 Å². The summed E-state index contributed by atoms with van der Waals surface area (Å²) in [6, 6.07) is 1.45. The number of aliphatic imine (C=N–C) groups is 1. The maximum Gasteiger partial charge on any atom is 0.191 e. The van der Waals surface area contributed by atoms with Crippen molar-refractivity contribution in [1.82, 2.24) is 25.3 Å². The minimum atomic E-state index is 0.549. The van der Waals surface area contributed by atoms with Crippen LogP contribution < -0.4 is 10.6 Å². The van der Waals surface area contributed by atoms with Crippen molar-refractivity contribution in [3.8, 4) is 0 Å². The van der Waals surface area contributed by atoms with Crippen LogP contribution in [0.25, 0.3) is 0 Å². The first kappa shape index (κ1) is 15.3. The van der Waals surface area contributed by atoms with Gasteiger partial charge >= 0.3 is 0 Å². The molecular formula is C16H28N6. The zero-order chi connectivity index (χ0) is 15.4. The van der Waals surface area contributed by atoms with Gasteiger partial charge < -0.3 is 15.5 Å². The fourth-order valence-corrected chi connectivity index (χ4v) is 3.11. The molecule has 0 amide bonds. The summed E-state index contributed by atoms with van der Waals surface area (Å²) in [4.78, 5) is 6.98. The lowest BCUT2D eigenvalue weighted by Gasteiger charge is -2.33. The lowest BCUT2D eigenvalue weighted by molar-refractivity contribution is 0.197. The largest absolute Gasteiger partial charge is 0.355 e. The van der Waals surface area contributed by atoms with E-state index in [0.29, 0.717) is 6.04 Å². The molecule has 3 rings (SSSR count). The van der Waals surface area contributed by atoms with E-state index < -0.39 is 0 Å². The maximum atomic E-state index is 4.34.